The summed E-state index contributed by atoms with van der Waals surface area (Å²) in [5, 5.41) is 35.9. The zero-order valence-electron chi connectivity index (χ0n) is 17.3. The molecular weight excluding hydrogens is 392 g/mol. The predicted molar refractivity (Wildman–Crippen MR) is 117 cm³/mol. The van der Waals surface area contributed by atoms with E-state index in [9.17, 15) is 5.11 Å². The van der Waals surface area contributed by atoms with Crippen LogP contribution in [0.4, 0.5) is 0 Å². The Labute approximate surface area is 178 Å². The molecule has 0 atom stereocenters. The predicted octanol–water partition coefficient (Wildman–Crippen LogP) is 4.08. The van der Waals surface area contributed by atoms with Gasteiger partial charge in [-0.1, -0.05) is 12.1 Å². The Morgan fingerprint density at radius 2 is 2.03 bits per heavy atom. The number of aliphatic hydroxyl groups excluding tert-OH is 1. The molecule has 0 aliphatic carbocycles. The Kier molecular flexibility index (Phi) is 5.09. The van der Waals surface area contributed by atoms with E-state index in [-0.39, 0.29) is 11.5 Å². The summed E-state index contributed by atoms with van der Waals surface area (Å²) >= 11 is 0. The highest BCUT2D eigenvalue weighted by molar-refractivity contribution is 6.22. The van der Waals surface area contributed by atoms with Gasteiger partial charge in [-0.2, -0.15) is 5.26 Å². The molecule has 0 spiro atoms. The number of aromatic nitrogens is 4. The number of allylic oxidation sites excluding steroid dienone is 2. The number of rotatable bonds is 5. The number of ether oxygens (including phenoxy) is 1. The lowest BCUT2D eigenvalue weighted by atomic mass is 9.99. The molecule has 8 nitrogen and oxygen atoms in total. The molecule has 0 aliphatic rings. The molecule has 154 valence electrons. The summed E-state index contributed by atoms with van der Waals surface area (Å²) in [6.07, 6.45) is 2.12. The number of methoxy groups -OCH3 is 1. The molecule has 4 rings (SSSR count). The van der Waals surface area contributed by atoms with Crippen LogP contribution >= 0.6 is 0 Å². The molecule has 31 heavy (non-hydrogen) atoms. The summed E-state index contributed by atoms with van der Waals surface area (Å²) in [7, 11) is 1.54. The number of nitriles is 1. The number of aliphatic hydroxyl groups is 1. The summed E-state index contributed by atoms with van der Waals surface area (Å²) in [5.74, 6) is 1.24. The van der Waals surface area contributed by atoms with E-state index in [0.29, 0.717) is 45.9 Å². The zero-order valence-corrected chi connectivity index (χ0v) is 17.3. The van der Waals surface area contributed by atoms with Gasteiger partial charge in [0.2, 0.25) is 0 Å². The van der Waals surface area contributed by atoms with Crippen LogP contribution in [0.3, 0.4) is 0 Å². The largest absolute Gasteiger partial charge is 0.512 e. The molecule has 4 aromatic rings. The first-order valence-electron chi connectivity index (χ1n) is 9.58. The average molecular weight is 412 g/mol. The van der Waals surface area contributed by atoms with Crippen molar-refractivity contribution >= 4 is 28.0 Å². The van der Waals surface area contributed by atoms with E-state index in [1.165, 1.54) is 0 Å². The minimum atomic E-state index is 0.0357. The topological polar surface area (TPSA) is 120 Å². The van der Waals surface area contributed by atoms with Crippen molar-refractivity contribution in [1.29, 1.82) is 10.7 Å². The quantitative estimate of drug-likeness (QED) is 0.376. The molecule has 0 saturated heterocycles. The number of nitrogens with zero attached hydrogens (tertiary/aromatic N) is 5. The maximum Gasteiger partial charge on any atom is 0.179 e. The maximum atomic E-state index is 10.1. The Morgan fingerprint density at radius 1 is 1.23 bits per heavy atom. The van der Waals surface area contributed by atoms with E-state index in [4.69, 9.17) is 15.4 Å². The van der Waals surface area contributed by atoms with Gasteiger partial charge in [0.1, 0.15) is 11.6 Å². The molecule has 0 saturated carbocycles. The molecular formula is C23H20N6O2. The fourth-order valence-electron chi connectivity index (χ4n) is 3.72. The third-order valence-electron chi connectivity index (χ3n) is 5.04. The molecule has 0 unspecified atom stereocenters. The third-order valence-corrected chi connectivity index (χ3v) is 5.04. The van der Waals surface area contributed by atoms with Crippen LogP contribution in [-0.4, -0.2) is 37.5 Å². The van der Waals surface area contributed by atoms with E-state index in [2.05, 4.69) is 21.3 Å². The highest BCUT2D eigenvalue weighted by Gasteiger charge is 2.18. The molecule has 0 radical (unpaired) electrons. The average Bonchev–Trinajstić information content (AvgIpc) is 3.16. The summed E-state index contributed by atoms with van der Waals surface area (Å²) in [4.78, 5) is 4.50. The van der Waals surface area contributed by atoms with Crippen LogP contribution in [0.5, 0.6) is 5.75 Å². The Morgan fingerprint density at radius 3 is 2.71 bits per heavy atom. The summed E-state index contributed by atoms with van der Waals surface area (Å²) in [6, 6.07) is 13.1. The number of nitrogens with one attached hydrogen (secondary N) is 1. The van der Waals surface area contributed by atoms with Crippen molar-refractivity contribution in [3.05, 3.63) is 70.9 Å². The van der Waals surface area contributed by atoms with Crippen molar-refractivity contribution in [3.63, 3.8) is 0 Å². The van der Waals surface area contributed by atoms with Gasteiger partial charge in [0.25, 0.3) is 0 Å². The Bertz CT molecular complexity index is 1410. The van der Waals surface area contributed by atoms with Crippen molar-refractivity contribution in [1.82, 2.24) is 19.6 Å². The van der Waals surface area contributed by atoms with E-state index in [1.54, 1.807) is 39.3 Å². The smallest absolute Gasteiger partial charge is 0.179 e. The third kappa shape index (κ3) is 3.57. The van der Waals surface area contributed by atoms with Gasteiger partial charge in [0.05, 0.1) is 41.7 Å². The molecule has 2 aromatic carbocycles. The monoisotopic (exact) mass is 412 g/mol. The summed E-state index contributed by atoms with van der Waals surface area (Å²) in [6.45, 7) is 3.16. The highest BCUT2D eigenvalue weighted by Crippen LogP contribution is 2.33. The molecule has 0 aliphatic heterocycles. The number of hydrogen-bond donors (Lipinski definition) is 2. The van der Waals surface area contributed by atoms with Gasteiger partial charge in [-0.25, -0.2) is 0 Å². The van der Waals surface area contributed by atoms with Gasteiger partial charge in [-0.3, -0.25) is 9.38 Å². The lowest BCUT2D eigenvalue weighted by Crippen LogP contribution is -2.04. The fourth-order valence-corrected chi connectivity index (χ4v) is 3.72. The Hall–Kier alpha value is -4.25. The minimum Gasteiger partial charge on any atom is -0.512 e. The number of hydrogen-bond acceptors (Lipinski definition) is 7. The lowest BCUT2D eigenvalue weighted by Gasteiger charge is -2.14. The standard InChI is InChI=1S/C23H20N6O2/c1-13(25)23(14(2)30)17-9-18-19(10-20(17)31-3)29-21(27-28-22(29)12-26-18)8-15-5-4-6-16(7-15)11-24/h4-7,9-10,12,25,30H,8H2,1-3H3/b23-14+,25-13?. The SMILES string of the molecule is COc1cc2c(cc1/C(C(C)=N)=C(\C)O)ncc1nnc(Cc3cccc(C#N)c3)n12. The van der Waals surface area contributed by atoms with Crippen LogP contribution in [0.25, 0.3) is 22.3 Å². The van der Waals surface area contributed by atoms with Gasteiger partial charge in [0.15, 0.2) is 5.65 Å². The fraction of sp³-hybridized carbons (Fsp3) is 0.174. The maximum absolute atomic E-state index is 10.1. The molecule has 0 fully saturated rings. The lowest BCUT2D eigenvalue weighted by molar-refractivity contribution is 0.409. The first-order chi connectivity index (χ1) is 14.9. The second kappa shape index (κ2) is 7.88. The van der Waals surface area contributed by atoms with Crippen LogP contribution in [0.2, 0.25) is 0 Å². The Balaban J connectivity index is 1.93. The van der Waals surface area contributed by atoms with Crippen molar-refractivity contribution in [2.45, 2.75) is 20.3 Å². The molecule has 8 heteroatoms. The van der Waals surface area contributed by atoms with Gasteiger partial charge < -0.3 is 15.3 Å². The molecule has 2 N–H and O–H groups in total. The molecule has 0 amide bonds. The number of benzene rings is 2. The number of fused-ring (bicyclic) bond motifs is 3. The van der Waals surface area contributed by atoms with Gasteiger partial charge in [0, 0.05) is 29.3 Å². The normalized spacial score (nSPS) is 11.9. The second-order valence-corrected chi connectivity index (χ2v) is 7.18. The molecule has 2 aromatic heterocycles. The zero-order chi connectivity index (χ0) is 22.1. The van der Waals surface area contributed by atoms with Gasteiger partial charge >= 0.3 is 0 Å². The molecule has 2 heterocycles. The van der Waals surface area contributed by atoms with Gasteiger partial charge in [-0.05, 0) is 37.6 Å². The van der Waals surface area contributed by atoms with Crippen molar-refractivity contribution in [2.75, 3.05) is 7.11 Å². The van der Waals surface area contributed by atoms with Crippen LogP contribution < -0.4 is 4.74 Å². The second-order valence-electron chi connectivity index (χ2n) is 7.18. The van der Waals surface area contributed by atoms with Crippen LogP contribution in [0.1, 0.15) is 36.4 Å². The molecule has 0 bridgehead atoms. The van der Waals surface area contributed by atoms with E-state index in [0.717, 1.165) is 11.1 Å². The van der Waals surface area contributed by atoms with Crippen LogP contribution in [-0.2, 0) is 6.42 Å². The first-order valence-corrected chi connectivity index (χ1v) is 9.58. The highest BCUT2D eigenvalue weighted by atomic mass is 16.5. The minimum absolute atomic E-state index is 0.0357. The van der Waals surface area contributed by atoms with Gasteiger partial charge in [-0.15, -0.1) is 10.2 Å². The summed E-state index contributed by atoms with van der Waals surface area (Å²) < 4.78 is 7.49. The van der Waals surface area contributed by atoms with E-state index >= 15 is 0 Å². The van der Waals surface area contributed by atoms with Crippen molar-refractivity contribution in [3.8, 4) is 11.8 Å². The van der Waals surface area contributed by atoms with Crippen LogP contribution in [0, 0.1) is 16.7 Å². The van der Waals surface area contributed by atoms with E-state index in [1.807, 2.05) is 28.7 Å². The van der Waals surface area contributed by atoms with Crippen molar-refractivity contribution in [2.24, 2.45) is 0 Å². The van der Waals surface area contributed by atoms with Crippen molar-refractivity contribution < 1.29 is 9.84 Å². The summed E-state index contributed by atoms with van der Waals surface area (Å²) in [5.41, 5.74) is 4.73. The van der Waals surface area contributed by atoms with Crippen LogP contribution in [0.15, 0.2) is 48.4 Å². The van der Waals surface area contributed by atoms with E-state index < -0.39 is 0 Å². The first kappa shape index (κ1) is 20.0.